The van der Waals surface area contributed by atoms with Crippen LogP contribution in [0.2, 0.25) is 0 Å². The summed E-state index contributed by atoms with van der Waals surface area (Å²) in [6.07, 6.45) is 5.67. The normalized spacial score (nSPS) is 9.14. The monoisotopic (exact) mass is 604 g/mol. The summed E-state index contributed by atoms with van der Waals surface area (Å²) < 4.78 is 4.01. The number of benzene rings is 3. The van der Waals surface area contributed by atoms with Crippen LogP contribution in [-0.4, -0.2) is 24.0 Å². The van der Waals surface area contributed by atoms with Crippen molar-refractivity contribution in [2.75, 3.05) is 5.73 Å². The summed E-state index contributed by atoms with van der Waals surface area (Å²) in [7, 11) is 3.94. The molecule has 238 valence electrons. The topological polar surface area (TPSA) is 138 Å². The summed E-state index contributed by atoms with van der Waals surface area (Å²) >= 11 is 0. The third kappa shape index (κ3) is 10.9. The number of aryl methyl sites for hydroxylation is 2. The van der Waals surface area contributed by atoms with Gasteiger partial charge in [-0.1, -0.05) is 55.4 Å². The Kier molecular flexibility index (Phi) is 18.3. The molecule has 10 heteroatoms. The molecule has 0 fully saturated rings. The number of aromatic amines is 1. The molecule has 6 rings (SSSR count). The van der Waals surface area contributed by atoms with Crippen molar-refractivity contribution in [3.63, 3.8) is 0 Å². The molecule has 0 aliphatic rings. The van der Waals surface area contributed by atoms with E-state index in [1.165, 1.54) is 23.0 Å². The number of nitrogens with one attached hydrogen (secondary N) is 1. The second-order valence-electron chi connectivity index (χ2n) is 8.18. The van der Waals surface area contributed by atoms with E-state index in [-0.39, 0.29) is 16.3 Å². The molecule has 0 spiro atoms. The second kappa shape index (κ2) is 20.7. The average Bonchev–Trinajstić information content (AvgIpc) is 3.79. The van der Waals surface area contributed by atoms with Gasteiger partial charge in [0.25, 0.3) is 11.4 Å². The van der Waals surface area contributed by atoms with Crippen molar-refractivity contribution in [1.29, 1.82) is 0 Å². The van der Waals surface area contributed by atoms with E-state index in [1.807, 2.05) is 117 Å². The number of nitrogen functional groups attached to an aromatic ring is 1. The number of nitrogens with zero attached hydrogens (tertiary/aromatic N) is 4. The predicted molar refractivity (Wildman–Crippen MR) is 187 cm³/mol. The van der Waals surface area contributed by atoms with E-state index in [4.69, 9.17) is 5.73 Å². The Labute approximate surface area is 260 Å². The minimum Gasteiger partial charge on any atom is -0.399 e. The first-order chi connectivity index (χ1) is 21.2. The number of fused-ring (bicyclic) bond motifs is 3. The van der Waals surface area contributed by atoms with Crippen molar-refractivity contribution in [2.45, 2.75) is 55.4 Å². The predicted octanol–water partition coefficient (Wildman–Crippen LogP) is 10.0. The first-order valence-electron chi connectivity index (χ1n) is 14.9. The Balaban J connectivity index is 0.000000566. The highest BCUT2D eigenvalue weighted by Crippen LogP contribution is 2.21. The van der Waals surface area contributed by atoms with Crippen molar-refractivity contribution in [2.24, 2.45) is 14.1 Å². The van der Waals surface area contributed by atoms with E-state index in [0.717, 1.165) is 27.5 Å². The summed E-state index contributed by atoms with van der Waals surface area (Å²) in [5, 5.41) is 23.8. The minimum absolute atomic E-state index is 0.127. The molecule has 0 aliphatic carbocycles. The average molecular weight is 605 g/mol. The lowest BCUT2D eigenvalue weighted by Gasteiger charge is -1.95. The summed E-state index contributed by atoms with van der Waals surface area (Å²) in [4.78, 5) is 23.0. The fourth-order valence-corrected chi connectivity index (χ4v) is 3.84. The fraction of sp³-hybridized carbons (Fsp3) is 0.294. The van der Waals surface area contributed by atoms with Crippen LogP contribution in [-0.2, 0) is 14.1 Å². The third-order valence-electron chi connectivity index (χ3n) is 5.74. The largest absolute Gasteiger partial charge is 0.399 e. The quantitative estimate of drug-likeness (QED) is 0.115. The number of nitrogens with two attached hydrogens (primary N) is 1. The summed E-state index contributed by atoms with van der Waals surface area (Å²) in [5.41, 5.74) is 9.86. The van der Waals surface area contributed by atoms with Gasteiger partial charge in [-0.2, -0.15) is 0 Å². The Morgan fingerprint density at radius 3 is 1.52 bits per heavy atom. The molecule has 0 saturated heterocycles. The van der Waals surface area contributed by atoms with Crippen LogP contribution in [0.4, 0.5) is 17.1 Å². The fourth-order valence-electron chi connectivity index (χ4n) is 3.84. The van der Waals surface area contributed by atoms with Crippen molar-refractivity contribution in [3.8, 4) is 0 Å². The van der Waals surface area contributed by atoms with Gasteiger partial charge in [0.05, 0.1) is 9.85 Å². The van der Waals surface area contributed by atoms with Gasteiger partial charge in [0.2, 0.25) is 0 Å². The smallest absolute Gasteiger partial charge is 0.270 e. The molecule has 0 aliphatic heterocycles. The van der Waals surface area contributed by atoms with Gasteiger partial charge in [-0.25, -0.2) is 0 Å². The number of nitro groups is 2. The Hall–Kier alpha value is -5.12. The van der Waals surface area contributed by atoms with Crippen LogP contribution in [0.5, 0.6) is 0 Å². The van der Waals surface area contributed by atoms with E-state index in [9.17, 15) is 20.2 Å². The molecule has 3 heterocycles. The first-order valence-corrected chi connectivity index (χ1v) is 14.9. The van der Waals surface area contributed by atoms with E-state index in [1.54, 1.807) is 30.5 Å². The third-order valence-corrected chi connectivity index (χ3v) is 5.74. The van der Waals surface area contributed by atoms with Crippen molar-refractivity contribution in [1.82, 2.24) is 14.1 Å². The van der Waals surface area contributed by atoms with Gasteiger partial charge in [0.1, 0.15) is 0 Å². The summed E-state index contributed by atoms with van der Waals surface area (Å²) in [6, 6.07) is 21.3. The van der Waals surface area contributed by atoms with Crippen LogP contribution < -0.4 is 5.73 Å². The maximum absolute atomic E-state index is 10.5. The molecular formula is C34H48N6O4. The maximum atomic E-state index is 10.5. The molecule has 10 nitrogen and oxygen atoms in total. The summed E-state index contributed by atoms with van der Waals surface area (Å²) in [5.74, 6) is 0. The molecule has 44 heavy (non-hydrogen) atoms. The van der Waals surface area contributed by atoms with Crippen LogP contribution in [0.1, 0.15) is 55.4 Å². The number of non-ortho nitro benzene ring substituents is 2. The minimum atomic E-state index is -0.396. The zero-order valence-electron chi connectivity index (χ0n) is 27.7. The molecule has 0 atom stereocenters. The van der Waals surface area contributed by atoms with E-state index < -0.39 is 4.92 Å². The van der Waals surface area contributed by atoms with Crippen molar-refractivity contribution in [3.05, 3.63) is 112 Å². The van der Waals surface area contributed by atoms with Crippen LogP contribution in [0.15, 0.2) is 91.4 Å². The highest BCUT2D eigenvalue weighted by Gasteiger charge is 2.07. The number of hydrogen-bond acceptors (Lipinski definition) is 5. The highest BCUT2D eigenvalue weighted by atomic mass is 16.6. The van der Waals surface area contributed by atoms with Gasteiger partial charge in [0.15, 0.2) is 0 Å². The highest BCUT2D eigenvalue weighted by molar-refractivity contribution is 5.84. The van der Waals surface area contributed by atoms with E-state index in [2.05, 4.69) is 15.6 Å². The zero-order valence-corrected chi connectivity index (χ0v) is 27.7. The molecule has 3 aromatic carbocycles. The molecule has 0 unspecified atom stereocenters. The molecule has 6 aromatic rings. The standard InChI is InChI=1S/C9H8N2O2.C9H10N2.C8H6N2O2.4C2H6/c1-10-5-4-7-6-8(11(12)13)2-3-9(7)10;1-11-5-4-7-6-8(10)2-3-9(7)11;11-10(12)7-1-2-8-6(5-7)3-4-9-8;4*1-2/h2-6H,1H3;2-6H,10H2,1H3;1-5,9H;4*1-2H3. The first kappa shape index (κ1) is 38.9. The molecule has 0 saturated carbocycles. The number of nitro benzene ring substituents is 2. The molecule has 0 bridgehead atoms. The van der Waals surface area contributed by atoms with Gasteiger partial charge in [-0.3, -0.25) is 20.2 Å². The van der Waals surface area contributed by atoms with Gasteiger partial charge in [-0.15, -0.1) is 0 Å². The molecule has 0 amide bonds. The Morgan fingerprint density at radius 1 is 0.591 bits per heavy atom. The lowest BCUT2D eigenvalue weighted by Crippen LogP contribution is -1.88. The van der Waals surface area contributed by atoms with Gasteiger partial charge in [0, 0.05) is 95.3 Å². The Morgan fingerprint density at radius 2 is 1.02 bits per heavy atom. The molecule has 0 radical (unpaired) electrons. The van der Waals surface area contributed by atoms with Crippen LogP contribution in [0, 0.1) is 20.2 Å². The summed E-state index contributed by atoms with van der Waals surface area (Å²) in [6.45, 7) is 16.0. The Bertz CT molecular complexity index is 1700. The zero-order chi connectivity index (χ0) is 33.8. The van der Waals surface area contributed by atoms with Crippen LogP contribution in [0.3, 0.4) is 0 Å². The molecular weight excluding hydrogens is 556 g/mol. The number of hydrogen-bond donors (Lipinski definition) is 2. The molecule has 3 aromatic heterocycles. The lowest BCUT2D eigenvalue weighted by molar-refractivity contribution is -0.384. The SMILES string of the molecule is CC.CC.CC.CC.Cn1ccc2cc(N)ccc21.Cn1ccc2cc([N+](=O)[O-])ccc21.O=[N+]([O-])c1ccc2[nH]ccc2c1. The van der Waals surface area contributed by atoms with Crippen LogP contribution >= 0.6 is 0 Å². The van der Waals surface area contributed by atoms with Crippen LogP contribution in [0.25, 0.3) is 32.7 Å². The van der Waals surface area contributed by atoms with Crippen molar-refractivity contribution >= 4 is 49.8 Å². The number of H-pyrrole nitrogens is 1. The number of aromatic nitrogens is 3. The number of anilines is 1. The van der Waals surface area contributed by atoms with Gasteiger partial charge >= 0.3 is 0 Å². The van der Waals surface area contributed by atoms with Gasteiger partial charge < -0.3 is 19.9 Å². The van der Waals surface area contributed by atoms with Gasteiger partial charge in [-0.05, 0) is 48.5 Å². The number of rotatable bonds is 2. The molecule has 3 N–H and O–H groups in total. The maximum Gasteiger partial charge on any atom is 0.270 e. The lowest BCUT2D eigenvalue weighted by atomic mass is 10.2. The van der Waals surface area contributed by atoms with E-state index in [0.29, 0.717) is 0 Å². The van der Waals surface area contributed by atoms with E-state index >= 15 is 0 Å². The van der Waals surface area contributed by atoms with Crippen molar-refractivity contribution < 1.29 is 9.85 Å². The second-order valence-corrected chi connectivity index (χ2v) is 8.18.